The van der Waals surface area contributed by atoms with Crippen molar-refractivity contribution in [1.82, 2.24) is 4.90 Å². The molecule has 4 rings (SSSR count). The molecule has 0 atom stereocenters. The van der Waals surface area contributed by atoms with Crippen LogP contribution in [0.4, 0.5) is 5.69 Å². The summed E-state index contributed by atoms with van der Waals surface area (Å²) < 4.78 is 5.09. The Labute approximate surface area is 177 Å². The first kappa shape index (κ1) is 20.8. The smallest absolute Gasteiger partial charge is 0.336 e. The molecule has 0 saturated heterocycles. The van der Waals surface area contributed by atoms with Gasteiger partial charge in [-0.1, -0.05) is 50.3 Å². The lowest BCUT2D eigenvalue weighted by atomic mass is 9.92. The summed E-state index contributed by atoms with van der Waals surface area (Å²) in [5.74, 6) is -1.40. The molecule has 2 aliphatic heterocycles. The summed E-state index contributed by atoms with van der Waals surface area (Å²) in [5.41, 5.74) is 2.65. The van der Waals surface area contributed by atoms with E-state index in [1.165, 1.54) is 44.1 Å². The Kier molecular flexibility index (Phi) is 6.32. The van der Waals surface area contributed by atoms with Crippen molar-refractivity contribution in [1.29, 1.82) is 0 Å². The van der Waals surface area contributed by atoms with Gasteiger partial charge in [-0.05, 0) is 24.5 Å². The first-order chi connectivity index (χ1) is 14.6. The summed E-state index contributed by atoms with van der Waals surface area (Å²) in [6, 6.07) is 7.90. The molecule has 0 aromatic heterocycles. The first-order valence-corrected chi connectivity index (χ1v) is 11.1. The lowest BCUT2D eigenvalue weighted by Gasteiger charge is -2.40. The maximum absolute atomic E-state index is 12.9. The van der Waals surface area contributed by atoms with Crippen LogP contribution in [0.15, 0.2) is 35.5 Å². The molecule has 0 bridgehead atoms. The molecule has 3 aliphatic rings. The number of ketones is 1. The van der Waals surface area contributed by atoms with Crippen molar-refractivity contribution in [2.45, 2.75) is 63.8 Å². The molecular weight excluding hydrogens is 380 g/mol. The van der Waals surface area contributed by atoms with Gasteiger partial charge in [0.15, 0.2) is 0 Å². The van der Waals surface area contributed by atoms with Crippen molar-refractivity contribution < 1.29 is 19.1 Å². The van der Waals surface area contributed by atoms with Gasteiger partial charge in [-0.25, -0.2) is 4.79 Å². The van der Waals surface area contributed by atoms with Crippen LogP contribution in [0.5, 0.6) is 0 Å². The van der Waals surface area contributed by atoms with Crippen LogP contribution in [0, 0.1) is 0 Å². The van der Waals surface area contributed by atoms with Gasteiger partial charge >= 0.3 is 5.97 Å². The van der Waals surface area contributed by atoms with E-state index in [1.807, 2.05) is 24.3 Å². The van der Waals surface area contributed by atoms with Gasteiger partial charge in [0.2, 0.25) is 5.78 Å². The van der Waals surface area contributed by atoms with Crippen molar-refractivity contribution in [3.05, 3.63) is 41.1 Å². The van der Waals surface area contributed by atoms with E-state index in [4.69, 9.17) is 4.74 Å². The molecule has 1 amide bonds. The minimum Gasteiger partial charge on any atom is -0.466 e. The van der Waals surface area contributed by atoms with Crippen LogP contribution in [0.3, 0.4) is 0 Å². The number of methoxy groups -OCH3 is 1. The normalized spacial score (nSPS) is 21.8. The second-order valence-electron chi connectivity index (χ2n) is 8.51. The number of nitrogens with zero attached hydrogens (tertiary/aromatic N) is 2. The molecule has 0 spiro atoms. The molecule has 1 aromatic carbocycles. The van der Waals surface area contributed by atoms with Gasteiger partial charge in [0.1, 0.15) is 0 Å². The number of esters is 1. The quantitative estimate of drug-likeness (QED) is 0.564. The highest BCUT2D eigenvalue weighted by Gasteiger charge is 2.38. The second kappa shape index (κ2) is 9.13. The van der Waals surface area contributed by atoms with E-state index >= 15 is 0 Å². The van der Waals surface area contributed by atoms with Gasteiger partial charge in [-0.3, -0.25) is 19.4 Å². The molecule has 2 heterocycles. The van der Waals surface area contributed by atoms with Crippen LogP contribution in [0.25, 0.3) is 0 Å². The maximum atomic E-state index is 12.9. The van der Waals surface area contributed by atoms with E-state index in [9.17, 15) is 14.4 Å². The molecular formula is C24H30N2O4. The lowest BCUT2D eigenvalue weighted by molar-refractivity contribution is -0.137. The first-order valence-electron chi connectivity index (χ1n) is 11.1. The molecule has 0 unspecified atom stereocenters. The Bertz CT molecular complexity index is 868. The predicted octanol–water partition coefficient (Wildman–Crippen LogP) is 3.39. The van der Waals surface area contributed by atoms with Crippen LogP contribution < -0.4 is 4.90 Å². The van der Waals surface area contributed by atoms with Crippen LogP contribution in [0.1, 0.15) is 56.9 Å². The predicted molar refractivity (Wildman–Crippen MR) is 114 cm³/mol. The van der Waals surface area contributed by atoms with Crippen LogP contribution in [-0.4, -0.2) is 48.8 Å². The van der Waals surface area contributed by atoms with Crippen LogP contribution >= 0.6 is 0 Å². The Balaban J connectivity index is 1.68. The fourth-order valence-corrected chi connectivity index (χ4v) is 5.07. The van der Waals surface area contributed by atoms with E-state index in [0.29, 0.717) is 36.0 Å². The summed E-state index contributed by atoms with van der Waals surface area (Å²) >= 11 is 0. The monoisotopic (exact) mass is 410 g/mol. The third kappa shape index (κ3) is 4.06. The molecule has 6 nitrogen and oxygen atoms in total. The molecule has 1 aliphatic carbocycles. The van der Waals surface area contributed by atoms with Crippen molar-refractivity contribution in [2.24, 2.45) is 0 Å². The highest BCUT2D eigenvalue weighted by Crippen LogP contribution is 2.35. The number of Topliss-reactive ketones (excluding diaryl/α,β-unsaturated/α-hetero) is 1. The number of hydrogen-bond donors (Lipinski definition) is 0. The summed E-state index contributed by atoms with van der Waals surface area (Å²) in [7, 11) is 1.37. The van der Waals surface area contributed by atoms with Gasteiger partial charge in [0, 0.05) is 37.7 Å². The number of amides is 1. The topological polar surface area (TPSA) is 66.9 Å². The number of hydrogen-bond acceptors (Lipinski definition) is 5. The fourth-order valence-electron chi connectivity index (χ4n) is 5.07. The van der Waals surface area contributed by atoms with Gasteiger partial charge < -0.3 is 4.74 Å². The number of fused-ring (bicyclic) bond motifs is 1. The Hall–Kier alpha value is -2.47. The number of para-hydroxylation sites is 1. The highest BCUT2D eigenvalue weighted by molar-refractivity contribution is 6.44. The second-order valence-corrected chi connectivity index (χ2v) is 8.51. The molecule has 0 N–H and O–H groups in total. The standard InChI is InChI=1S/C24H30N2O4/c1-30-24(29)19-16-25(18-10-5-3-2-4-6-11-18)14-13-21(19)26-20-12-8-7-9-17(20)15-22(27)23(26)28/h7-9,12,18H,2-6,10-11,13-16H2,1H3. The van der Waals surface area contributed by atoms with Gasteiger partial charge in [-0.2, -0.15) is 0 Å². The van der Waals surface area contributed by atoms with Gasteiger partial charge in [-0.15, -0.1) is 0 Å². The van der Waals surface area contributed by atoms with E-state index in [2.05, 4.69) is 4.90 Å². The lowest BCUT2D eigenvalue weighted by Crippen LogP contribution is -2.48. The fraction of sp³-hybridized carbons (Fsp3) is 0.542. The SMILES string of the molecule is COC(=O)C1=C(N2C(=O)C(=O)Cc3ccccc32)CCN(C2CCCCCCC2)C1. The van der Waals surface area contributed by atoms with E-state index in [-0.39, 0.29) is 6.42 Å². The average Bonchev–Trinajstić information content (AvgIpc) is 2.74. The highest BCUT2D eigenvalue weighted by atomic mass is 16.5. The van der Waals surface area contributed by atoms with Gasteiger partial charge in [0.05, 0.1) is 18.4 Å². The largest absolute Gasteiger partial charge is 0.466 e. The third-order valence-electron chi connectivity index (χ3n) is 6.66. The van der Waals surface area contributed by atoms with Crippen molar-refractivity contribution >= 4 is 23.3 Å². The summed E-state index contributed by atoms with van der Waals surface area (Å²) in [6.45, 7) is 1.24. The molecule has 30 heavy (non-hydrogen) atoms. The van der Waals surface area contributed by atoms with Crippen molar-refractivity contribution in [3.8, 4) is 0 Å². The van der Waals surface area contributed by atoms with Gasteiger partial charge in [0.25, 0.3) is 5.91 Å². The number of anilines is 1. The number of carbonyl (C=O) groups is 3. The zero-order valence-electron chi connectivity index (χ0n) is 17.7. The maximum Gasteiger partial charge on any atom is 0.336 e. The van der Waals surface area contributed by atoms with Crippen molar-refractivity contribution in [2.75, 3.05) is 25.1 Å². The van der Waals surface area contributed by atoms with Crippen molar-refractivity contribution in [3.63, 3.8) is 0 Å². The summed E-state index contributed by atoms with van der Waals surface area (Å²) in [5, 5.41) is 0. The number of rotatable bonds is 3. The molecule has 1 aromatic rings. The molecule has 1 fully saturated rings. The molecule has 6 heteroatoms. The zero-order chi connectivity index (χ0) is 21.1. The molecule has 1 saturated carbocycles. The summed E-state index contributed by atoms with van der Waals surface area (Å²) in [6.07, 6.45) is 9.26. The third-order valence-corrected chi connectivity index (χ3v) is 6.66. The van der Waals surface area contributed by atoms with E-state index in [0.717, 1.165) is 24.9 Å². The van der Waals surface area contributed by atoms with E-state index < -0.39 is 17.7 Å². The Morgan fingerprint density at radius 1 is 1.03 bits per heavy atom. The number of carbonyl (C=O) groups excluding carboxylic acids is 3. The minimum absolute atomic E-state index is 0.112. The summed E-state index contributed by atoms with van der Waals surface area (Å²) in [4.78, 5) is 41.9. The average molecular weight is 411 g/mol. The number of benzene rings is 1. The zero-order valence-corrected chi connectivity index (χ0v) is 17.7. The number of ether oxygens (including phenoxy) is 1. The molecule has 0 radical (unpaired) electrons. The van der Waals surface area contributed by atoms with E-state index in [1.54, 1.807) is 0 Å². The molecule has 160 valence electrons. The Morgan fingerprint density at radius 2 is 1.73 bits per heavy atom. The van der Waals surface area contributed by atoms with Crippen LogP contribution in [0.2, 0.25) is 0 Å². The Morgan fingerprint density at radius 3 is 2.47 bits per heavy atom. The minimum atomic E-state index is -0.551. The van der Waals surface area contributed by atoms with Crippen LogP contribution in [-0.2, 0) is 25.5 Å².